The number of nitrogens with one attached hydrogen (secondary N) is 2. The molecule has 2 heterocycles. The van der Waals surface area contributed by atoms with Gasteiger partial charge in [0.25, 0.3) is 5.91 Å². The van der Waals surface area contributed by atoms with Gasteiger partial charge in [0, 0.05) is 23.9 Å². The highest BCUT2D eigenvalue weighted by molar-refractivity contribution is 6.33. The Morgan fingerprint density at radius 3 is 2.90 bits per heavy atom. The van der Waals surface area contributed by atoms with Crippen molar-refractivity contribution in [2.45, 2.75) is 52.0 Å². The summed E-state index contributed by atoms with van der Waals surface area (Å²) in [5, 5.41) is 3.66. The van der Waals surface area contributed by atoms with Crippen LogP contribution in [0.5, 0.6) is 0 Å². The number of amides is 1. The Kier molecular flexibility index (Phi) is 8.14. The Morgan fingerprint density at radius 1 is 1.32 bits per heavy atom. The number of halogens is 1. The molecule has 0 spiro atoms. The Bertz CT molecular complexity index is 990. The molecule has 164 valence electrons. The minimum absolute atomic E-state index is 0.355. The molecular weight excluding hydrogens is 414 g/mol. The van der Waals surface area contributed by atoms with Crippen LogP contribution in [-0.4, -0.2) is 35.5 Å². The summed E-state index contributed by atoms with van der Waals surface area (Å²) in [6.45, 7) is 4.25. The number of pyridine rings is 1. The molecule has 2 aromatic rings. The lowest BCUT2D eigenvalue weighted by atomic mass is 10.0. The maximum absolute atomic E-state index is 12.3. The highest BCUT2D eigenvalue weighted by Gasteiger charge is 2.16. The summed E-state index contributed by atoms with van der Waals surface area (Å²) >= 11 is 6.37. The fraction of sp³-hybridized carbons (Fsp3) is 0.391. The van der Waals surface area contributed by atoms with Crippen LogP contribution in [0.2, 0.25) is 5.02 Å². The van der Waals surface area contributed by atoms with Crippen LogP contribution in [0.3, 0.4) is 0 Å². The first kappa shape index (κ1) is 22.9. The van der Waals surface area contributed by atoms with Gasteiger partial charge in [-0.3, -0.25) is 14.6 Å². The number of benzene rings is 1. The monoisotopic (exact) mass is 441 g/mol. The quantitative estimate of drug-likeness (QED) is 0.543. The molecule has 1 aliphatic heterocycles. The third kappa shape index (κ3) is 6.35. The number of aromatic nitrogens is 1. The number of aliphatic imine (C=N–C) groups is 2. The Balaban J connectivity index is 1.83. The van der Waals surface area contributed by atoms with Gasteiger partial charge in [0.1, 0.15) is 0 Å². The number of anilines is 2. The summed E-state index contributed by atoms with van der Waals surface area (Å²) in [7, 11) is 1.39. The zero-order chi connectivity index (χ0) is 22.2. The second-order valence-corrected chi connectivity index (χ2v) is 7.94. The van der Waals surface area contributed by atoms with Gasteiger partial charge >= 0.3 is 0 Å². The number of hydrogen-bond acceptors (Lipinski definition) is 6. The first-order valence-electron chi connectivity index (χ1n) is 10.4. The third-order valence-electron chi connectivity index (χ3n) is 5.00. The van der Waals surface area contributed by atoms with Crippen LogP contribution in [-0.2, 0) is 4.84 Å². The van der Waals surface area contributed by atoms with Crippen molar-refractivity contribution in [1.82, 2.24) is 10.5 Å². The summed E-state index contributed by atoms with van der Waals surface area (Å²) in [4.78, 5) is 31.0. The lowest BCUT2D eigenvalue weighted by Gasteiger charge is -2.13. The van der Waals surface area contributed by atoms with E-state index in [1.54, 1.807) is 30.5 Å². The smallest absolute Gasteiger partial charge is 0.276 e. The van der Waals surface area contributed by atoms with Crippen molar-refractivity contribution in [3.8, 4) is 0 Å². The molecule has 0 fully saturated rings. The second kappa shape index (κ2) is 11.0. The zero-order valence-electron chi connectivity index (χ0n) is 18.1. The molecule has 7 nitrogen and oxygen atoms in total. The van der Waals surface area contributed by atoms with Crippen LogP contribution in [0.1, 0.15) is 56.3 Å². The van der Waals surface area contributed by atoms with Gasteiger partial charge in [-0.25, -0.2) is 15.5 Å². The molecule has 1 aromatic heterocycles. The molecule has 0 bridgehead atoms. The standard InChI is InChI=1S/C23H28ClN5O2/c1-4-7-16-10-11-17(12-15(2)26-16)27-22-13-21(19(24)14-25-22)28-20-9-6-5-8-18(20)23(30)29-31-3/h5-6,8-9,13-14,16H,4,7,10-12H2,1-3H3,(H,25,28)(H,29,30). The van der Waals surface area contributed by atoms with Crippen molar-refractivity contribution in [2.75, 3.05) is 12.4 Å². The van der Waals surface area contributed by atoms with E-state index in [1.165, 1.54) is 7.11 Å². The molecule has 1 aromatic carbocycles. The number of nitrogens with zero attached hydrogens (tertiary/aromatic N) is 3. The summed E-state index contributed by atoms with van der Waals surface area (Å²) in [5.74, 6) is 0.216. The molecule has 1 atom stereocenters. The first-order valence-corrected chi connectivity index (χ1v) is 10.8. The molecule has 2 N–H and O–H groups in total. The molecule has 0 saturated carbocycles. The number of rotatable bonds is 7. The van der Waals surface area contributed by atoms with E-state index in [1.807, 2.05) is 6.07 Å². The van der Waals surface area contributed by atoms with Crippen molar-refractivity contribution in [2.24, 2.45) is 9.98 Å². The Morgan fingerprint density at radius 2 is 2.13 bits per heavy atom. The van der Waals surface area contributed by atoms with E-state index < -0.39 is 0 Å². The van der Waals surface area contributed by atoms with Crippen molar-refractivity contribution < 1.29 is 9.63 Å². The van der Waals surface area contributed by atoms with E-state index in [4.69, 9.17) is 26.4 Å². The minimum Gasteiger partial charge on any atom is -0.353 e. The molecule has 1 unspecified atom stereocenters. The molecule has 0 aliphatic carbocycles. The summed E-state index contributed by atoms with van der Waals surface area (Å²) in [6, 6.07) is 9.29. The van der Waals surface area contributed by atoms with E-state index in [0.29, 0.717) is 33.8 Å². The molecule has 1 amide bonds. The lowest BCUT2D eigenvalue weighted by molar-refractivity contribution is 0.0538. The van der Waals surface area contributed by atoms with Crippen LogP contribution in [0.15, 0.2) is 46.5 Å². The molecule has 0 saturated heterocycles. The lowest BCUT2D eigenvalue weighted by Crippen LogP contribution is -2.22. The van der Waals surface area contributed by atoms with Crippen LogP contribution < -0.4 is 10.8 Å². The highest BCUT2D eigenvalue weighted by Crippen LogP contribution is 2.30. The van der Waals surface area contributed by atoms with Gasteiger partial charge < -0.3 is 5.32 Å². The molecular formula is C23H28ClN5O2. The zero-order valence-corrected chi connectivity index (χ0v) is 18.9. The molecule has 3 rings (SSSR count). The van der Waals surface area contributed by atoms with E-state index >= 15 is 0 Å². The first-order chi connectivity index (χ1) is 15.0. The van der Waals surface area contributed by atoms with E-state index in [-0.39, 0.29) is 5.91 Å². The molecule has 0 radical (unpaired) electrons. The maximum Gasteiger partial charge on any atom is 0.276 e. The second-order valence-electron chi connectivity index (χ2n) is 7.53. The largest absolute Gasteiger partial charge is 0.353 e. The molecule has 8 heteroatoms. The van der Waals surface area contributed by atoms with Crippen LogP contribution >= 0.6 is 11.6 Å². The van der Waals surface area contributed by atoms with Crippen LogP contribution in [0, 0.1) is 0 Å². The SMILES string of the molecule is CCCC1CCC(=Nc2cc(Nc3ccccc3C(=O)NOC)c(Cl)cn2)CC(C)=N1. The topological polar surface area (TPSA) is 88.0 Å². The predicted octanol–water partition coefficient (Wildman–Crippen LogP) is 5.66. The van der Waals surface area contributed by atoms with E-state index in [0.717, 1.165) is 43.5 Å². The van der Waals surface area contributed by atoms with Crippen molar-refractivity contribution in [1.29, 1.82) is 0 Å². The maximum atomic E-state index is 12.3. The van der Waals surface area contributed by atoms with Gasteiger partial charge in [-0.1, -0.05) is 37.1 Å². The van der Waals surface area contributed by atoms with Crippen molar-refractivity contribution in [3.05, 3.63) is 47.1 Å². The van der Waals surface area contributed by atoms with E-state index in [9.17, 15) is 4.79 Å². The Hall–Kier alpha value is -2.77. The van der Waals surface area contributed by atoms with Gasteiger partial charge in [0.2, 0.25) is 0 Å². The predicted molar refractivity (Wildman–Crippen MR) is 126 cm³/mol. The number of hydrogen-bond donors (Lipinski definition) is 2. The van der Waals surface area contributed by atoms with Gasteiger partial charge in [-0.2, -0.15) is 0 Å². The summed E-state index contributed by atoms with van der Waals surface area (Å²) in [6.07, 6.45) is 6.47. The fourth-order valence-electron chi connectivity index (χ4n) is 3.61. The molecule has 31 heavy (non-hydrogen) atoms. The van der Waals surface area contributed by atoms with Gasteiger partial charge in [0.15, 0.2) is 5.82 Å². The number of hydroxylamine groups is 1. The van der Waals surface area contributed by atoms with Gasteiger partial charge in [0.05, 0.1) is 41.3 Å². The summed E-state index contributed by atoms with van der Waals surface area (Å²) < 4.78 is 0. The minimum atomic E-state index is -0.355. The van der Waals surface area contributed by atoms with Gasteiger partial charge in [-0.15, -0.1) is 0 Å². The molecule has 1 aliphatic rings. The van der Waals surface area contributed by atoms with E-state index in [2.05, 4.69) is 29.6 Å². The number of carbonyl (C=O) groups excluding carboxylic acids is 1. The summed E-state index contributed by atoms with van der Waals surface area (Å²) in [5.41, 5.74) is 6.17. The van der Waals surface area contributed by atoms with Crippen LogP contribution in [0.25, 0.3) is 0 Å². The van der Waals surface area contributed by atoms with Crippen molar-refractivity contribution in [3.63, 3.8) is 0 Å². The third-order valence-corrected chi connectivity index (χ3v) is 5.30. The Labute approximate surface area is 188 Å². The number of para-hydroxylation sites is 1. The highest BCUT2D eigenvalue weighted by atomic mass is 35.5. The van der Waals surface area contributed by atoms with Crippen LogP contribution in [0.4, 0.5) is 17.2 Å². The average Bonchev–Trinajstić information content (AvgIpc) is 2.92. The number of carbonyl (C=O) groups is 1. The van der Waals surface area contributed by atoms with Gasteiger partial charge in [-0.05, 0) is 38.3 Å². The normalized spacial score (nSPS) is 17.7. The van der Waals surface area contributed by atoms with Crippen molar-refractivity contribution >= 4 is 46.1 Å². The average molecular weight is 442 g/mol. The fourth-order valence-corrected chi connectivity index (χ4v) is 3.76.